The summed E-state index contributed by atoms with van der Waals surface area (Å²) in [5.74, 6) is -1.32. The van der Waals surface area contributed by atoms with Gasteiger partial charge in [-0.05, 0) is 36.9 Å². The average Bonchev–Trinajstić information content (AvgIpc) is 2.87. The molecule has 0 aliphatic carbocycles. The van der Waals surface area contributed by atoms with E-state index in [1.807, 2.05) is 25.2 Å². The van der Waals surface area contributed by atoms with Crippen molar-refractivity contribution in [1.29, 1.82) is 0 Å². The minimum atomic E-state index is -1.05. The fourth-order valence-corrected chi connectivity index (χ4v) is 2.06. The summed E-state index contributed by atoms with van der Waals surface area (Å²) in [5, 5.41) is 14.8. The number of nitrogens with one attached hydrogen (secondary N) is 2. The van der Waals surface area contributed by atoms with Crippen LogP contribution in [0.25, 0.3) is 0 Å². The molecule has 0 bridgehead atoms. The summed E-state index contributed by atoms with van der Waals surface area (Å²) in [4.78, 5) is 23.0. The van der Waals surface area contributed by atoms with Crippen LogP contribution < -0.4 is 10.6 Å². The Balaban J connectivity index is 2.03. The largest absolute Gasteiger partial charge is 0.477 e. The van der Waals surface area contributed by atoms with E-state index >= 15 is 0 Å². The Labute approximate surface area is 122 Å². The monoisotopic (exact) mass is 287 g/mol. The molecule has 0 saturated carbocycles. The fraction of sp³-hybridized carbons (Fsp3) is 0.200. The van der Waals surface area contributed by atoms with Crippen molar-refractivity contribution in [1.82, 2.24) is 9.88 Å². The topological polar surface area (TPSA) is 83.4 Å². The van der Waals surface area contributed by atoms with Gasteiger partial charge in [-0.3, -0.25) is 4.79 Å². The SMILES string of the molecule is CNCc1cccc(NC(=O)Cn2cccc2C(=O)O)c1. The van der Waals surface area contributed by atoms with Gasteiger partial charge in [-0.1, -0.05) is 12.1 Å². The van der Waals surface area contributed by atoms with Gasteiger partial charge in [0.25, 0.3) is 0 Å². The van der Waals surface area contributed by atoms with Gasteiger partial charge in [-0.2, -0.15) is 0 Å². The number of carboxylic acid groups (broad SMARTS) is 1. The van der Waals surface area contributed by atoms with Crippen LogP contribution in [0.5, 0.6) is 0 Å². The summed E-state index contributed by atoms with van der Waals surface area (Å²) < 4.78 is 1.40. The molecule has 1 heterocycles. The van der Waals surface area contributed by atoms with E-state index in [2.05, 4.69) is 10.6 Å². The van der Waals surface area contributed by atoms with Crippen molar-refractivity contribution < 1.29 is 14.7 Å². The first-order valence-electron chi connectivity index (χ1n) is 6.52. The molecule has 6 nitrogen and oxygen atoms in total. The van der Waals surface area contributed by atoms with Crippen molar-refractivity contribution in [3.05, 3.63) is 53.9 Å². The molecule has 0 radical (unpaired) electrons. The molecule has 21 heavy (non-hydrogen) atoms. The van der Waals surface area contributed by atoms with Crippen LogP contribution in [0.1, 0.15) is 16.1 Å². The van der Waals surface area contributed by atoms with Crippen molar-refractivity contribution >= 4 is 17.6 Å². The second kappa shape index (κ2) is 6.71. The highest BCUT2D eigenvalue weighted by Gasteiger charge is 2.11. The molecule has 0 saturated heterocycles. The van der Waals surface area contributed by atoms with Crippen LogP contribution >= 0.6 is 0 Å². The number of carboxylic acids is 1. The van der Waals surface area contributed by atoms with Crippen molar-refractivity contribution in [2.24, 2.45) is 0 Å². The number of anilines is 1. The molecule has 1 amide bonds. The number of benzene rings is 1. The predicted molar refractivity (Wildman–Crippen MR) is 79.2 cm³/mol. The number of nitrogens with zero attached hydrogens (tertiary/aromatic N) is 1. The van der Waals surface area contributed by atoms with Gasteiger partial charge >= 0.3 is 5.97 Å². The van der Waals surface area contributed by atoms with Crippen molar-refractivity contribution in [3.63, 3.8) is 0 Å². The molecule has 0 atom stereocenters. The molecule has 1 aromatic heterocycles. The van der Waals surface area contributed by atoms with E-state index in [9.17, 15) is 9.59 Å². The molecular weight excluding hydrogens is 270 g/mol. The highest BCUT2D eigenvalue weighted by molar-refractivity contribution is 5.92. The molecular formula is C15H17N3O3. The summed E-state index contributed by atoms with van der Waals surface area (Å²) in [6, 6.07) is 10.6. The lowest BCUT2D eigenvalue weighted by Crippen LogP contribution is -2.21. The smallest absolute Gasteiger partial charge is 0.352 e. The lowest BCUT2D eigenvalue weighted by atomic mass is 10.2. The van der Waals surface area contributed by atoms with Gasteiger partial charge in [0, 0.05) is 18.4 Å². The lowest BCUT2D eigenvalue weighted by Gasteiger charge is -2.09. The van der Waals surface area contributed by atoms with Gasteiger partial charge in [0.05, 0.1) is 0 Å². The minimum absolute atomic E-state index is 0.0368. The highest BCUT2D eigenvalue weighted by Crippen LogP contribution is 2.11. The Morgan fingerprint density at radius 1 is 1.24 bits per heavy atom. The predicted octanol–water partition coefficient (Wildman–Crippen LogP) is 1.54. The van der Waals surface area contributed by atoms with Crippen LogP contribution in [-0.2, 0) is 17.9 Å². The second-order valence-corrected chi connectivity index (χ2v) is 4.61. The number of hydrogen-bond acceptors (Lipinski definition) is 3. The molecule has 2 rings (SSSR count). The maximum Gasteiger partial charge on any atom is 0.352 e. The third kappa shape index (κ3) is 3.93. The second-order valence-electron chi connectivity index (χ2n) is 4.61. The summed E-state index contributed by atoms with van der Waals surface area (Å²) >= 11 is 0. The first-order chi connectivity index (χ1) is 10.1. The molecule has 0 aliphatic rings. The number of rotatable bonds is 6. The van der Waals surface area contributed by atoms with Crippen LogP contribution in [0.15, 0.2) is 42.6 Å². The van der Waals surface area contributed by atoms with Gasteiger partial charge in [-0.15, -0.1) is 0 Å². The maximum atomic E-state index is 12.0. The Hall–Kier alpha value is -2.60. The molecule has 2 aromatic rings. The molecule has 0 unspecified atom stereocenters. The average molecular weight is 287 g/mol. The van der Waals surface area contributed by atoms with E-state index in [1.165, 1.54) is 10.6 Å². The molecule has 3 N–H and O–H groups in total. The van der Waals surface area contributed by atoms with Crippen LogP contribution in [-0.4, -0.2) is 28.6 Å². The number of aromatic carboxylic acids is 1. The molecule has 6 heteroatoms. The van der Waals surface area contributed by atoms with Crippen molar-refractivity contribution in [2.45, 2.75) is 13.1 Å². The van der Waals surface area contributed by atoms with Crippen LogP contribution in [0.2, 0.25) is 0 Å². The Bertz CT molecular complexity index is 649. The molecule has 0 spiro atoms. The molecule has 110 valence electrons. The zero-order valence-corrected chi connectivity index (χ0v) is 11.7. The van der Waals surface area contributed by atoms with E-state index in [4.69, 9.17) is 5.11 Å². The van der Waals surface area contributed by atoms with E-state index in [-0.39, 0.29) is 18.1 Å². The fourth-order valence-electron chi connectivity index (χ4n) is 2.06. The van der Waals surface area contributed by atoms with Crippen LogP contribution in [0.3, 0.4) is 0 Å². The number of aromatic nitrogens is 1. The highest BCUT2D eigenvalue weighted by atomic mass is 16.4. The van der Waals surface area contributed by atoms with E-state index < -0.39 is 5.97 Å². The Morgan fingerprint density at radius 2 is 2.05 bits per heavy atom. The Kier molecular flexibility index (Phi) is 4.73. The van der Waals surface area contributed by atoms with E-state index in [0.717, 1.165) is 5.56 Å². The van der Waals surface area contributed by atoms with Crippen molar-refractivity contribution in [2.75, 3.05) is 12.4 Å². The number of carbonyl (C=O) groups excluding carboxylic acids is 1. The quantitative estimate of drug-likeness (QED) is 0.752. The first kappa shape index (κ1) is 14.8. The van der Waals surface area contributed by atoms with Gasteiger partial charge in [-0.25, -0.2) is 4.79 Å². The van der Waals surface area contributed by atoms with Gasteiger partial charge in [0.1, 0.15) is 12.2 Å². The zero-order chi connectivity index (χ0) is 15.2. The molecule has 1 aromatic carbocycles. The number of hydrogen-bond donors (Lipinski definition) is 3. The maximum absolute atomic E-state index is 12.0. The standard InChI is InChI=1S/C15H17N3O3/c1-16-9-11-4-2-5-12(8-11)17-14(19)10-18-7-3-6-13(18)15(20)21/h2-8,16H,9-10H2,1H3,(H,17,19)(H,20,21). The number of amides is 1. The van der Waals surface area contributed by atoms with Gasteiger partial charge < -0.3 is 20.3 Å². The first-order valence-corrected chi connectivity index (χ1v) is 6.52. The molecule has 0 aliphatic heterocycles. The lowest BCUT2D eigenvalue weighted by molar-refractivity contribution is -0.116. The van der Waals surface area contributed by atoms with Gasteiger partial charge in [0.15, 0.2) is 0 Å². The molecule has 0 fully saturated rings. The normalized spacial score (nSPS) is 10.3. The number of carbonyl (C=O) groups is 2. The third-order valence-corrected chi connectivity index (χ3v) is 2.95. The van der Waals surface area contributed by atoms with Crippen molar-refractivity contribution in [3.8, 4) is 0 Å². The van der Waals surface area contributed by atoms with E-state index in [0.29, 0.717) is 12.2 Å². The summed E-state index contributed by atoms with van der Waals surface area (Å²) in [7, 11) is 1.85. The van der Waals surface area contributed by atoms with Crippen LogP contribution in [0.4, 0.5) is 5.69 Å². The van der Waals surface area contributed by atoms with Crippen LogP contribution in [0, 0.1) is 0 Å². The zero-order valence-electron chi connectivity index (χ0n) is 11.7. The van der Waals surface area contributed by atoms with Gasteiger partial charge in [0.2, 0.25) is 5.91 Å². The summed E-state index contributed by atoms with van der Waals surface area (Å²) in [6.45, 7) is 0.676. The Morgan fingerprint density at radius 3 is 2.76 bits per heavy atom. The third-order valence-electron chi connectivity index (χ3n) is 2.95. The summed E-state index contributed by atoms with van der Waals surface area (Å²) in [6.07, 6.45) is 1.57. The van der Waals surface area contributed by atoms with E-state index in [1.54, 1.807) is 18.3 Å². The summed E-state index contributed by atoms with van der Waals surface area (Å²) in [5.41, 5.74) is 1.84. The minimum Gasteiger partial charge on any atom is -0.477 e.